The normalized spacial score (nSPS) is 17.6. The van der Waals surface area contributed by atoms with E-state index in [4.69, 9.17) is 4.74 Å². The van der Waals surface area contributed by atoms with Gasteiger partial charge in [0.05, 0.1) is 6.20 Å². The lowest BCUT2D eigenvalue weighted by atomic mass is 10.00. The van der Waals surface area contributed by atoms with Crippen molar-refractivity contribution in [2.45, 2.75) is 24.2 Å². The number of ether oxygens (including phenoxy) is 1. The molecule has 8 nitrogen and oxygen atoms in total. The van der Waals surface area contributed by atoms with Gasteiger partial charge in [0, 0.05) is 12.8 Å². The van der Waals surface area contributed by atoms with Crippen LogP contribution in [-0.4, -0.2) is 37.3 Å². The van der Waals surface area contributed by atoms with Crippen LogP contribution < -0.4 is 10.0 Å². The minimum Gasteiger partial charge on any atom is -0.362 e. The van der Waals surface area contributed by atoms with Crippen molar-refractivity contribution in [3.8, 4) is 0 Å². The van der Waals surface area contributed by atoms with Crippen molar-refractivity contribution in [2.75, 3.05) is 12.4 Å². The molecule has 0 fully saturated rings. The number of methoxy groups -OCH3 is 1. The Morgan fingerprint density at radius 3 is 2.96 bits per heavy atom. The number of hydrogen-bond acceptors (Lipinski definition) is 5. The van der Waals surface area contributed by atoms with Gasteiger partial charge < -0.3 is 10.1 Å². The summed E-state index contributed by atoms with van der Waals surface area (Å²) in [6, 6.07) is 7.77. The van der Waals surface area contributed by atoms with E-state index >= 15 is 0 Å². The fraction of sp³-hybridized carbons (Fsp3) is 0.286. The smallest absolute Gasteiger partial charge is 0.258 e. The Bertz CT molecular complexity index is 831. The number of rotatable bonds is 5. The topological polar surface area (TPSA) is 102 Å². The first-order valence-corrected chi connectivity index (χ1v) is 8.41. The zero-order valence-electron chi connectivity index (χ0n) is 12.4. The molecule has 0 saturated carbocycles. The molecule has 0 saturated heterocycles. The molecule has 3 rings (SSSR count). The zero-order valence-corrected chi connectivity index (χ0v) is 13.2. The Morgan fingerprint density at radius 2 is 2.17 bits per heavy atom. The van der Waals surface area contributed by atoms with Crippen LogP contribution in [0.15, 0.2) is 41.6 Å². The third kappa shape index (κ3) is 3.11. The van der Waals surface area contributed by atoms with E-state index in [9.17, 15) is 13.2 Å². The summed E-state index contributed by atoms with van der Waals surface area (Å²) in [6.07, 6.45) is 1.66. The summed E-state index contributed by atoms with van der Waals surface area (Å²) in [4.78, 5) is 12.1. The van der Waals surface area contributed by atoms with Crippen LogP contribution in [0.1, 0.15) is 5.56 Å². The number of anilines is 1. The number of carbonyl (C=O) groups is 1. The fourth-order valence-corrected chi connectivity index (χ4v) is 3.77. The molecule has 1 aliphatic heterocycles. The number of carbonyl (C=O) groups excluding carboxylic acids is 1. The lowest BCUT2D eigenvalue weighted by Crippen LogP contribution is -2.47. The molecule has 0 spiro atoms. The number of benzene rings is 1. The van der Waals surface area contributed by atoms with E-state index in [1.807, 2.05) is 18.2 Å². The molecule has 9 heteroatoms. The van der Waals surface area contributed by atoms with Gasteiger partial charge in [-0.1, -0.05) is 18.2 Å². The highest BCUT2D eigenvalue weighted by molar-refractivity contribution is 7.89. The molecule has 23 heavy (non-hydrogen) atoms. The second kappa shape index (κ2) is 6.11. The van der Waals surface area contributed by atoms with E-state index in [2.05, 4.69) is 15.1 Å². The number of hydrogen-bond donors (Lipinski definition) is 2. The lowest BCUT2D eigenvalue weighted by Gasteiger charge is -2.25. The average Bonchev–Trinajstić information content (AvgIpc) is 2.97. The first kappa shape index (κ1) is 15.7. The zero-order chi connectivity index (χ0) is 16.4. The van der Waals surface area contributed by atoms with Crippen LogP contribution in [0.2, 0.25) is 0 Å². The van der Waals surface area contributed by atoms with Gasteiger partial charge in [-0.2, -0.15) is 9.82 Å². The maximum absolute atomic E-state index is 12.5. The molecule has 0 radical (unpaired) electrons. The van der Waals surface area contributed by atoms with Gasteiger partial charge in [-0.05, 0) is 24.1 Å². The highest BCUT2D eigenvalue weighted by Gasteiger charge is 2.31. The molecular weight excluding hydrogens is 320 g/mol. The van der Waals surface area contributed by atoms with Crippen LogP contribution in [0.3, 0.4) is 0 Å². The number of sulfonamides is 1. The number of para-hydroxylation sites is 1. The Balaban J connectivity index is 1.84. The number of fused-ring (bicyclic) bond motifs is 1. The molecule has 1 unspecified atom stereocenters. The van der Waals surface area contributed by atoms with E-state index in [0.29, 0.717) is 12.1 Å². The molecule has 122 valence electrons. The van der Waals surface area contributed by atoms with Crippen molar-refractivity contribution in [2.24, 2.45) is 0 Å². The van der Waals surface area contributed by atoms with Gasteiger partial charge in [-0.25, -0.2) is 13.1 Å². The van der Waals surface area contributed by atoms with Crippen LogP contribution in [0.5, 0.6) is 0 Å². The van der Waals surface area contributed by atoms with Crippen LogP contribution in [0.4, 0.5) is 5.69 Å². The second-order valence-electron chi connectivity index (χ2n) is 5.11. The van der Waals surface area contributed by atoms with Crippen LogP contribution in [-0.2, 0) is 32.7 Å². The Hall–Kier alpha value is -2.23. The highest BCUT2D eigenvalue weighted by Crippen LogP contribution is 2.22. The van der Waals surface area contributed by atoms with Crippen LogP contribution in [0.25, 0.3) is 0 Å². The van der Waals surface area contributed by atoms with Gasteiger partial charge in [-0.15, -0.1) is 0 Å². The Morgan fingerprint density at radius 1 is 1.39 bits per heavy atom. The number of nitrogens with one attached hydrogen (secondary N) is 2. The van der Waals surface area contributed by atoms with E-state index in [1.54, 1.807) is 6.07 Å². The van der Waals surface area contributed by atoms with Gasteiger partial charge in [0.1, 0.15) is 12.8 Å². The maximum Gasteiger partial charge on any atom is 0.258 e. The van der Waals surface area contributed by atoms with Crippen molar-refractivity contribution in [1.82, 2.24) is 14.5 Å². The minimum absolute atomic E-state index is 0.00292. The first-order chi connectivity index (χ1) is 11.0. The standard InChI is InChI=1S/C14H16N4O4S/c1-22-9-18-13(6-7-15-18)23(20,21)17-12-8-10-4-2-3-5-11(10)16-14(12)19/h2-7,12,17H,8-9H2,1H3,(H,16,19). The van der Waals surface area contributed by atoms with Crippen molar-refractivity contribution in [3.05, 3.63) is 42.1 Å². The molecule has 1 atom stereocenters. The van der Waals surface area contributed by atoms with E-state index in [0.717, 1.165) is 5.56 Å². The van der Waals surface area contributed by atoms with Crippen LogP contribution >= 0.6 is 0 Å². The van der Waals surface area contributed by atoms with Crippen molar-refractivity contribution in [1.29, 1.82) is 0 Å². The second-order valence-corrected chi connectivity index (χ2v) is 6.77. The largest absolute Gasteiger partial charge is 0.362 e. The molecule has 0 aliphatic carbocycles. The third-order valence-corrected chi connectivity index (χ3v) is 5.01. The minimum atomic E-state index is -3.90. The molecule has 2 N–H and O–H groups in total. The van der Waals surface area contributed by atoms with Crippen molar-refractivity contribution >= 4 is 21.6 Å². The van der Waals surface area contributed by atoms with E-state index in [1.165, 1.54) is 24.1 Å². The molecule has 1 amide bonds. The van der Waals surface area contributed by atoms with E-state index < -0.39 is 16.1 Å². The fourth-order valence-electron chi connectivity index (χ4n) is 2.46. The van der Waals surface area contributed by atoms with Gasteiger partial charge in [-0.3, -0.25) is 4.79 Å². The Labute approximate surface area is 133 Å². The molecule has 1 aromatic carbocycles. The molecule has 2 aromatic rings. The summed E-state index contributed by atoms with van der Waals surface area (Å²) < 4.78 is 33.6. The number of nitrogens with zero attached hydrogens (tertiary/aromatic N) is 2. The summed E-state index contributed by atoms with van der Waals surface area (Å²) in [5, 5.41) is 6.55. The average molecular weight is 336 g/mol. The molecule has 1 aromatic heterocycles. The van der Waals surface area contributed by atoms with E-state index in [-0.39, 0.29) is 17.7 Å². The van der Waals surface area contributed by atoms with Gasteiger partial charge in [0.25, 0.3) is 10.0 Å². The predicted molar refractivity (Wildman–Crippen MR) is 82.1 cm³/mol. The SMILES string of the molecule is COCn1nccc1S(=O)(=O)NC1Cc2ccccc2NC1=O. The van der Waals surface area contributed by atoms with Crippen molar-refractivity contribution < 1.29 is 17.9 Å². The lowest BCUT2D eigenvalue weighted by molar-refractivity contribution is -0.118. The number of aromatic nitrogens is 2. The summed E-state index contributed by atoms with van der Waals surface area (Å²) in [5.41, 5.74) is 1.59. The third-order valence-electron chi connectivity index (χ3n) is 3.52. The van der Waals surface area contributed by atoms with Crippen molar-refractivity contribution in [3.63, 3.8) is 0 Å². The monoisotopic (exact) mass is 336 g/mol. The molecule has 1 aliphatic rings. The van der Waals surface area contributed by atoms with Crippen LogP contribution in [0, 0.1) is 0 Å². The quantitative estimate of drug-likeness (QED) is 0.819. The van der Waals surface area contributed by atoms with Gasteiger partial charge >= 0.3 is 0 Å². The first-order valence-electron chi connectivity index (χ1n) is 6.93. The summed E-state index contributed by atoms with van der Waals surface area (Å²) in [5.74, 6) is -0.384. The number of amides is 1. The molecule has 0 bridgehead atoms. The Kier molecular flexibility index (Phi) is 4.16. The molecular formula is C14H16N4O4S. The van der Waals surface area contributed by atoms with Gasteiger partial charge in [0.2, 0.25) is 5.91 Å². The summed E-state index contributed by atoms with van der Waals surface area (Å²) in [6.45, 7) is 0.00292. The predicted octanol–water partition coefficient (Wildman–Crippen LogP) is 0.329. The van der Waals surface area contributed by atoms with Gasteiger partial charge in [0.15, 0.2) is 5.03 Å². The molecule has 2 heterocycles. The summed E-state index contributed by atoms with van der Waals surface area (Å²) >= 11 is 0. The maximum atomic E-state index is 12.5. The highest BCUT2D eigenvalue weighted by atomic mass is 32.2. The summed E-state index contributed by atoms with van der Waals surface area (Å²) in [7, 11) is -2.45.